The molecular formula is C13H15N3O2. The molecule has 18 heavy (non-hydrogen) atoms. The van der Waals surface area contributed by atoms with Crippen molar-refractivity contribution in [2.45, 2.75) is 19.4 Å². The molecule has 0 unspecified atom stereocenters. The molecule has 94 valence electrons. The van der Waals surface area contributed by atoms with Gasteiger partial charge in [0.15, 0.2) is 11.4 Å². The highest BCUT2D eigenvalue weighted by atomic mass is 16.3. The lowest BCUT2D eigenvalue weighted by atomic mass is 10.3. The maximum absolute atomic E-state index is 11.8. The van der Waals surface area contributed by atoms with Crippen LogP contribution in [0.1, 0.15) is 18.5 Å². The van der Waals surface area contributed by atoms with Crippen LogP contribution in [0.15, 0.2) is 29.2 Å². The second-order valence-corrected chi connectivity index (χ2v) is 4.75. The lowest BCUT2D eigenvalue weighted by molar-refractivity contribution is 0.476. The summed E-state index contributed by atoms with van der Waals surface area (Å²) in [5, 5.41) is 13.0. The number of hydrogen-bond acceptors (Lipinski definition) is 4. The van der Waals surface area contributed by atoms with Gasteiger partial charge in [0.1, 0.15) is 0 Å². The third-order valence-electron chi connectivity index (χ3n) is 3.16. The topological polar surface area (TPSA) is 66.6 Å². The number of hydrogen-bond donors (Lipinski definition) is 2. The van der Waals surface area contributed by atoms with E-state index >= 15 is 0 Å². The maximum Gasteiger partial charge on any atom is 0.258 e. The molecule has 0 aliphatic heterocycles. The van der Waals surface area contributed by atoms with Crippen LogP contribution in [0.4, 0.5) is 0 Å². The summed E-state index contributed by atoms with van der Waals surface area (Å²) in [4.78, 5) is 16.1. The van der Waals surface area contributed by atoms with E-state index < -0.39 is 0 Å². The molecular weight excluding hydrogens is 230 g/mol. The van der Waals surface area contributed by atoms with E-state index in [0.717, 1.165) is 12.5 Å². The van der Waals surface area contributed by atoms with E-state index in [1.165, 1.54) is 29.4 Å². The van der Waals surface area contributed by atoms with Gasteiger partial charge < -0.3 is 10.4 Å². The van der Waals surface area contributed by atoms with Crippen LogP contribution in [0, 0.1) is 5.92 Å². The third-order valence-corrected chi connectivity index (χ3v) is 3.16. The highest BCUT2D eigenvalue weighted by Crippen LogP contribution is 2.27. The quantitative estimate of drug-likeness (QED) is 0.840. The van der Waals surface area contributed by atoms with Crippen molar-refractivity contribution in [1.29, 1.82) is 0 Å². The first-order valence-corrected chi connectivity index (χ1v) is 6.15. The summed E-state index contributed by atoms with van der Waals surface area (Å²) in [6, 6.07) is 4.66. The summed E-state index contributed by atoms with van der Waals surface area (Å²) < 4.78 is 1.35. The molecule has 1 aliphatic rings. The molecule has 5 nitrogen and oxygen atoms in total. The molecule has 1 saturated carbocycles. The van der Waals surface area contributed by atoms with Crippen molar-refractivity contribution in [2.75, 3.05) is 6.54 Å². The van der Waals surface area contributed by atoms with Crippen LogP contribution in [-0.2, 0) is 6.54 Å². The van der Waals surface area contributed by atoms with Crippen LogP contribution in [0.5, 0.6) is 5.75 Å². The zero-order valence-corrected chi connectivity index (χ0v) is 9.97. The number of nitrogens with zero attached hydrogens (tertiary/aromatic N) is 2. The number of aromatic nitrogens is 2. The van der Waals surface area contributed by atoms with E-state index in [1.54, 1.807) is 12.3 Å². The molecule has 0 aromatic carbocycles. The fourth-order valence-corrected chi connectivity index (χ4v) is 1.98. The summed E-state index contributed by atoms with van der Waals surface area (Å²) in [6.45, 7) is 1.54. The predicted octanol–water partition coefficient (Wildman–Crippen LogP) is 0.900. The van der Waals surface area contributed by atoms with Crippen molar-refractivity contribution in [1.82, 2.24) is 14.7 Å². The zero-order valence-electron chi connectivity index (χ0n) is 9.97. The lowest BCUT2D eigenvalue weighted by Crippen LogP contribution is -2.21. The number of fused-ring (bicyclic) bond motifs is 1. The number of pyridine rings is 1. The fourth-order valence-electron chi connectivity index (χ4n) is 1.98. The Morgan fingerprint density at radius 3 is 3.11 bits per heavy atom. The zero-order chi connectivity index (χ0) is 12.5. The Bertz CT molecular complexity index is 632. The molecule has 2 N–H and O–H groups in total. The van der Waals surface area contributed by atoms with Gasteiger partial charge in [0.05, 0.1) is 5.69 Å². The largest absolute Gasteiger partial charge is 0.504 e. The second kappa shape index (κ2) is 4.42. The average molecular weight is 245 g/mol. The number of aromatic hydroxyl groups is 1. The van der Waals surface area contributed by atoms with E-state index in [2.05, 4.69) is 10.3 Å². The Labute approximate surface area is 104 Å². The average Bonchev–Trinajstić information content (AvgIpc) is 3.15. The third kappa shape index (κ3) is 2.22. The van der Waals surface area contributed by atoms with Crippen molar-refractivity contribution < 1.29 is 5.11 Å². The van der Waals surface area contributed by atoms with Crippen LogP contribution < -0.4 is 10.9 Å². The Balaban J connectivity index is 1.88. The van der Waals surface area contributed by atoms with Gasteiger partial charge in [-0.05, 0) is 37.4 Å². The van der Waals surface area contributed by atoms with Gasteiger partial charge in [-0.15, -0.1) is 0 Å². The lowest BCUT2D eigenvalue weighted by Gasteiger charge is -2.06. The van der Waals surface area contributed by atoms with Gasteiger partial charge in [0.2, 0.25) is 0 Å². The minimum atomic E-state index is -0.167. The maximum atomic E-state index is 11.8. The molecule has 2 aromatic heterocycles. The van der Waals surface area contributed by atoms with Gasteiger partial charge in [0, 0.05) is 18.8 Å². The normalized spacial score (nSPS) is 15.1. The highest BCUT2D eigenvalue weighted by molar-refractivity contribution is 5.52. The molecule has 0 spiro atoms. The predicted molar refractivity (Wildman–Crippen MR) is 67.6 cm³/mol. The van der Waals surface area contributed by atoms with Crippen LogP contribution in [0.25, 0.3) is 5.65 Å². The van der Waals surface area contributed by atoms with Crippen molar-refractivity contribution >= 4 is 5.65 Å². The first-order valence-electron chi connectivity index (χ1n) is 6.15. The number of rotatable bonds is 4. The van der Waals surface area contributed by atoms with E-state index in [1.807, 2.05) is 0 Å². The molecule has 0 bridgehead atoms. The van der Waals surface area contributed by atoms with Gasteiger partial charge in [-0.1, -0.05) is 0 Å². The van der Waals surface area contributed by atoms with Crippen LogP contribution in [0.2, 0.25) is 0 Å². The Kier molecular flexibility index (Phi) is 2.76. The Morgan fingerprint density at radius 2 is 2.33 bits per heavy atom. The summed E-state index contributed by atoms with van der Waals surface area (Å²) >= 11 is 0. The van der Waals surface area contributed by atoms with Gasteiger partial charge in [0.25, 0.3) is 5.56 Å². The summed E-state index contributed by atoms with van der Waals surface area (Å²) in [5.41, 5.74) is 0.814. The first kappa shape index (κ1) is 11.2. The number of nitrogens with one attached hydrogen (secondary N) is 1. The monoisotopic (exact) mass is 245 g/mol. The molecule has 2 aromatic rings. The van der Waals surface area contributed by atoms with E-state index in [0.29, 0.717) is 17.9 Å². The summed E-state index contributed by atoms with van der Waals surface area (Å²) in [6.07, 6.45) is 4.19. The molecule has 5 heteroatoms. The SMILES string of the molecule is O=c1cc(CNCC2CC2)nc2c(O)cccn12. The molecule has 2 heterocycles. The minimum Gasteiger partial charge on any atom is -0.504 e. The Hall–Kier alpha value is -1.88. The first-order chi connectivity index (χ1) is 8.74. The van der Waals surface area contributed by atoms with Gasteiger partial charge >= 0.3 is 0 Å². The van der Waals surface area contributed by atoms with Gasteiger partial charge in [-0.25, -0.2) is 4.98 Å². The smallest absolute Gasteiger partial charge is 0.258 e. The molecule has 0 atom stereocenters. The molecule has 0 saturated heterocycles. The van der Waals surface area contributed by atoms with Crippen molar-refractivity contribution in [2.24, 2.45) is 5.92 Å². The standard InChI is InChI=1S/C13H15N3O2/c17-11-2-1-5-16-12(18)6-10(15-13(11)16)8-14-7-9-3-4-9/h1-2,5-6,9,14,17H,3-4,7-8H2. The van der Waals surface area contributed by atoms with Crippen molar-refractivity contribution in [3.63, 3.8) is 0 Å². The van der Waals surface area contributed by atoms with Gasteiger partial charge in [-0.2, -0.15) is 0 Å². The molecule has 3 rings (SSSR count). The summed E-state index contributed by atoms with van der Waals surface area (Å²) in [5.74, 6) is 0.818. The fraction of sp³-hybridized carbons (Fsp3) is 0.385. The minimum absolute atomic E-state index is 0.0265. The van der Waals surface area contributed by atoms with Crippen LogP contribution in [0.3, 0.4) is 0 Å². The van der Waals surface area contributed by atoms with Crippen molar-refractivity contribution in [3.8, 4) is 5.75 Å². The molecule has 0 radical (unpaired) electrons. The highest BCUT2D eigenvalue weighted by Gasteiger charge is 2.20. The van der Waals surface area contributed by atoms with E-state index in [9.17, 15) is 9.90 Å². The van der Waals surface area contributed by atoms with Crippen LogP contribution >= 0.6 is 0 Å². The van der Waals surface area contributed by atoms with E-state index in [-0.39, 0.29) is 11.3 Å². The second-order valence-electron chi connectivity index (χ2n) is 4.75. The van der Waals surface area contributed by atoms with Crippen molar-refractivity contribution in [3.05, 3.63) is 40.4 Å². The van der Waals surface area contributed by atoms with Crippen LogP contribution in [-0.4, -0.2) is 21.0 Å². The molecule has 0 amide bonds. The molecule has 1 fully saturated rings. The Morgan fingerprint density at radius 1 is 1.50 bits per heavy atom. The van der Waals surface area contributed by atoms with E-state index in [4.69, 9.17) is 0 Å². The van der Waals surface area contributed by atoms with Gasteiger partial charge in [-0.3, -0.25) is 9.20 Å². The summed E-state index contributed by atoms with van der Waals surface area (Å²) in [7, 11) is 0. The molecule has 1 aliphatic carbocycles.